The first kappa shape index (κ1) is 24.3. The predicted octanol–water partition coefficient (Wildman–Crippen LogP) is 3.17. The molecular weight excluding hydrogens is 420 g/mol. The number of anilines is 2. The molecule has 3 amide bonds. The molecule has 0 aromatic heterocycles. The number of amides is 3. The van der Waals surface area contributed by atoms with Crippen molar-refractivity contribution in [1.29, 1.82) is 0 Å². The van der Waals surface area contributed by atoms with Gasteiger partial charge in [0.15, 0.2) is 0 Å². The van der Waals surface area contributed by atoms with Gasteiger partial charge in [-0.2, -0.15) is 0 Å². The van der Waals surface area contributed by atoms with Crippen LogP contribution in [0, 0.1) is 0 Å². The first-order chi connectivity index (χ1) is 15.7. The first-order valence-electron chi connectivity index (χ1n) is 11.2. The second-order valence-electron chi connectivity index (χ2n) is 9.11. The number of hydrogen-bond donors (Lipinski definition) is 4. The zero-order valence-electron chi connectivity index (χ0n) is 19.4. The van der Waals surface area contributed by atoms with Gasteiger partial charge in [0.05, 0.1) is 12.6 Å². The zero-order chi connectivity index (χ0) is 23.8. The molecule has 4 N–H and O–H groups in total. The fourth-order valence-electron chi connectivity index (χ4n) is 3.42. The lowest BCUT2D eigenvalue weighted by Crippen LogP contribution is -2.40. The number of rotatable bonds is 8. The number of carbonyl (C=O) groups is 3. The Kier molecular flexibility index (Phi) is 8.06. The normalized spacial score (nSPS) is 15.5. The van der Waals surface area contributed by atoms with E-state index in [9.17, 15) is 14.4 Å². The Morgan fingerprint density at radius 1 is 0.970 bits per heavy atom. The molecule has 8 heteroatoms. The van der Waals surface area contributed by atoms with Gasteiger partial charge in [0.2, 0.25) is 5.91 Å². The Hall–Kier alpha value is -3.39. The highest BCUT2D eigenvalue weighted by Crippen LogP contribution is 2.14. The molecule has 0 radical (unpaired) electrons. The Labute approximate surface area is 194 Å². The summed E-state index contributed by atoms with van der Waals surface area (Å²) in [7, 11) is 0. The average molecular weight is 453 g/mol. The van der Waals surface area contributed by atoms with Crippen LogP contribution in [-0.2, 0) is 9.53 Å². The molecule has 0 aliphatic carbocycles. The van der Waals surface area contributed by atoms with E-state index in [1.165, 1.54) is 0 Å². The summed E-state index contributed by atoms with van der Waals surface area (Å²) < 4.78 is 5.52. The van der Waals surface area contributed by atoms with Gasteiger partial charge in [0.1, 0.15) is 0 Å². The Morgan fingerprint density at radius 3 is 2.30 bits per heavy atom. The van der Waals surface area contributed by atoms with Gasteiger partial charge in [-0.15, -0.1) is 0 Å². The van der Waals surface area contributed by atoms with Crippen LogP contribution in [0.5, 0.6) is 0 Å². The molecule has 1 fully saturated rings. The average Bonchev–Trinajstić information content (AvgIpc) is 3.29. The second kappa shape index (κ2) is 11.0. The third-order valence-electron chi connectivity index (χ3n) is 4.99. The molecule has 1 saturated heterocycles. The van der Waals surface area contributed by atoms with E-state index >= 15 is 0 Å². The lowest BCUT2D eigenvalue weighted by molar-refractivity contribution is -0.114. The van der Waals surface area contributed by atoms with Crippen LogP contribution in [0.3, 0.4) is 0 Å². The highest BCUT2D eigenvalue weighted by atomic mass is 16.5. The van der Waals surface area contributed by atoms with Gasteiger partial charge in [0.25, 0.3) is 11.8 Å². The van der Waals surface area contributed by atoms with Crippen LogP contribution in [0.25, 0.3) is 0 Å². The van der Waals surface area contributed by atoms with E-state index in [2.05, 4.69) is 21.3 Å². The molecule has 2 aromatic carbocycles. The maximum Gasteiger partial charge on any atom is 0.251 e. The van der Waals surface area contributed by atoms with Crippen molar-refractivity contribution in [2.45, 2.75) is 45.3 Å². The van der Waals surface area contributed by atoms with E-state index in [1.807, 2.05) is 20.8 Å². The molecule has 1 aliphatic rings. The van der Waals surface area contributed by atoms with Gasteiger partial charge in [-0.05, 0) is 70.0 Å². The topological polar surface area (TPSA) is 109 Å². The number of nitrogens with one attached hydrogen (secondary N) is 4. The molecule has 0 spiro atoms. The van der Waals surface area contributed by atoms with Gasteiger partial charge in [-0.1, -0.05) is 12.1 Å². The minimum absolute atomic E-state index is 0.0133. The summed E-state index contributed by atoms with van der Waals surface area (Å²) >= 11 is 0. The minimum Gasteiger partial charge on any atom is -0.376 e. The van der Waals surface area contributed by atoms with Crippen molar-refractivity contribution in [2.75, 3.05) is 30.3 Å². The largest absolute Gasteiger partial charge is 0.376 e. The molecule has 8 nitrogen and oxygen atoms in total. The van der Waals surface area contributed by atoms with Gasteiger partial charge in [-0.3, -0.25) is 14.4 Å². The molecule has 1 unspecified atom stereocenters. The van der Waals surface area contributed by atoms with Crippen LogP contribution in [0.4, 0.5) is 11.4 Å². The summed E-state index contributed by atoms with van der Waals surface area (Å²) in [5, 5.41) is 11.6. The van der Waals surface area contributed by atoms with Crippen LogP contribution < -0.4 is 21.3 Å². The quantitative estimate of drug-likeness (QED) is 0.492. The standard InChI is InChI=1S/C25H32N4O4/c1-25(2,3)29-24(32)18-8-5-10-20(14-18)28-22(30)16-26-19-9-4-7-17(13-19)23(31)27-15-21-11-6-12-33-21/h4-5,7-10,13-14,21,26H,6,11-12,15-16H2,1-3H3,(H,27,31)(H,28,30)(H,29,32). The van der Waals surface area contributed by atoms with E-state index in [0.717, 1.165) is 19.4 Å². The molecule has 1 aliphatic heterocycles. The van der Waals surface area contributed by atoms with Crippen molar-refractivity contribution in [3.63, 3.8) is 0 Å². The summed E-state index contributed by atoms with van der Waals surface area (Å²) in [5.41, 5.74) is 1.82. The fraction of sp³-hybridized carbons (Fsp3) is 0.400. The minimum atomic E-state index is -0.351. The molecule has 3 rings (SSSR count). The Bertz CT molecular complexity index is 994. The van der Waals surface area contributed by atoms with Crippen LogP contribution in [0.15, 0.2) is 48.5 Å². The van der Waals surface area contributed by atoms with Gasteiger partial charge >= 0.3 is 0 Å². The van der Waals surface area contributed by atoms with Gasteiger partial charge in [0, 0.05) is 41.2 Å². The zero-order valence-corrected chi connectivity index (χ0v) is 19.4. The van der Waals surface area contributed by atoms with Gasteiger partial charge < -0.3 is 26.0 Å². The summed E-state index contributed by atoms with van der Waals surface area (Å²) in [6.45, 7) is 6.97. The smallest absolute Gasteiger partial charge is 0.251 e. The molecule has 1 atom stereocenters. The van der Waals surface area contributed by atoms with E-state index in [4.69, 9.17) is 4.74 Å². The van der Waals surface area contributed by atoms with Crippen molar-refractivity contribution in [2.24, 2.45) is 0 Å². The third kappa shape index (κ3) is 7.91. The molecule has 0 bridgehead atoms. The summed E-state index contributed by atoms with van der Waals surface area (Å²) in [5.74, 6) is -0.646. The lowest BCUT2D eigenvalue weighted by atomic mass is 10.1. The molecule has 0 saturated carbocycles. The van der Waals surface area contributed by atoms with Crippen molar-refractivity contribution in [3.05, 3.63) is 59.7 Å². The van der Waals surface area contributed by atoms with E-state index in [1.54, 1.807) is 48.5 Å². The number of benzene rings is 2. The van der Waals surface area contributed by atoms with Crippen molar-refractivity contribution >= 4 is 29.1 Å². The highest BCUT2D eigenvalue weighted by molar-refractivity contribution is 5.98. The number of hydrogen-bond acceptors (Lipinski definition) is 5. The van der Waals surface area contributed by atoms with Crippen molar-refractivity contribution in [1.82, 2.24) is 10.6 Å². The first-order valence-corrected chi connectivity index (χ1v) is 11.2. The van der Waals surface area contributed by atoms with E-state index in [-0.39, 0.29) is 35.9 Å². The lowest BCUT2D eigenvalue weighted by Gasteiger charge is -2.20. The van der Waals surface area contributed by atoms with Crippen LogP contribution in [0.2, 0.25) is 0 Å². The van der Waals surface area contributed by atoms with Crippen LogP contribution >= 0.6 is 0 Å². The molecule has 176 valence electrons. The highest BCUT2D eigenvalue weighted by Gasteiger charge is 2.17. The second-order valence-corrected chi connectivity index (χ2v) is 9.11. The molecule has 2 aromatic rings. The molecule has 33 heavy (non-hydrogen) atoms. The summed E-state index contributed by atoms with van der Waals surface area (Å²) in [4.78, 5) is 37.1. The van der Waals surface area contributed by atoms with Crippen LogP contribution in [-0.4, -0.2) is 49.1 Å². The van der Waals surface area contributed by atoms with Crippen LogP contribution in [0.1, 0.15) is 54.3 Å². The third-order valence-corrected chi connectivity index (χ3v) is 4.99. The monoisotopic (exact) mass is 452 g/mol. The van der Waals surface area contributed by atoms with Gasteiger partial charge in [-0.25, -0.2) is 0 Å². The predicted molar refractivity (Wildman–Crippen MR) is 129 cm³/mol. The summed E-state index contributed by atoms with van der Waals surface area (Å²) in [6, 6.07) is 13.8. The van der Waals surface area contributed by atoms with Crippen molar-refractivity contribution < 1.29 is 19.1 Å². The molecular formula is C25H32N4O4. The maximum absolute atomic E-state index is 12.4. The molecule has 1 heterocycles. The fourth-order valence-corrected chi connectivity index (χ4v) is 3.42. The Morgan fingerprint density at radius 2 is 1.64 bits per heavy atom. The summed E-state index contributed by atoms with van der Waals surface area (Å²) in [6.07, 6.45) is 2.06. The maximum atomic E-state index is 12.4. The SMILES string of the molecule is CC(C)(C)NC(=O)c1cccc(NC(=O)CNc2cccc(C(=O)NCC3CCCO3)c2)c1. The van der Waals surface area contributed by atoms with E-state index < -0.39 is 0 Å². The van der Waals surface area contributed by atoms with Crippen molar-refractivity contribution in [3.8, 4) is 0 Å². The number of carbonyl (C=O) groups excluding carboxylic acids is 3. The van der Waals surface area contributed by atoms with E-state index in [0.29, 0.717) is 29.0 Å². The Balaban J connectivity index is 1.50. The number of ether oxygens (including phenoxy) is 1.